The van der Waals surface area contributed by atoms with Crippen molar-refractivity contribution in [1.82, 2.24) is 0 Å². The fourth-order valence-electron chi connectivity index (χ4n) is 0.939. The third kappa shape index (κ3) is 1.60. The zero-order valence-electron chi connectivity index (χ0n) is 6.31. The molecule has 0 radical (unpaired) electrons. The molecule has 0 fully saturated rings. The van der Waals surface area contributed by atoms with Crippen LogP contribution in [0.5, 0.6) is 0 Å². The number of hydrogen-bond acceptors (Lipinski definition) is 2. The van der Waals surface area contributed by atoms with Gasteiger partial charge in [-0.2, -0.15) is 13.2 Å². The lowest BCUT2D eigenvalue weighted by atomic mass is 9.86. The molecule has 0 heterocycles. The van der Waals surface area contributed by atoms with Crippen molar-refractivity contribution >= 4 is 5.97 Å². The standard InChI is InChI=1S/C7H7F3O2/c1-12-6(11)4-2-5(3-4)7(8,9)10/h2,5H,3H2,1H3. The molecule has 0 saturated heterocycles. The minimum absolute atomic E-state index is 0.111. The first kappa shape index (κ1) is 9.09. The van der Waals surface area contributed by atoms with Crippen molar-refractivity contribution in [3.8, 4) is 0 Å². The smallest absolute Gasteiger partial charge is 0.395 e. The van der Waals surface area contributed by atoms with Gasteiger partial charge in [0.05, 0.1) is 13.0 Å². The molecule has 1 rings (SSSR count). The van der Waals surface area contributed by atoms with Gasteiger partial charge in [-0.3, -0.25) is 0 Å². The van der Waals surface area contributed by atoms with Gasteiger partial charge in [0.15, 0.2) is 0 Å². The Bertz CT molecular complexity index is 229. The first-order valence-corrected chi connectivity index (χ1v) is 3.31. The number of carbonyl (C=O) groups is 1. The van der Waals surface area contributed by atoms with E-state index in [4.69, 9.17) is 0 Å². The Morgan fingerprint density at radius 3 is 2.50 bits per heavy atom. The van der Waals surface area contributed by atoms with E-state index in [1.54, 1.807) is 0 Å². The number of methoxy groups -OCH3 is 1. The quantitative estimate of drug-likeness (QED) is 0.573. The maximum Gasteiger partial charge on any atom is 0.395 e. The lowest BCUT2D eigenvalue weighted by Gasteiger charge is -2.25. The van der Waals surface area contributed by atoms with Crippen molar-refractivity contribution in [3.63, 3.8) is 0 Å². The van der Waals surface area contributed by atoms with Gasteiger partial charge in [-0.1, -0.05) is 6.08 Å². The zero-order valence-corrected chi connectivity index (χ0v) is 6.31. The fourth-order valence-corrected chi connectivity index (χ4v) is 0.939. The highest BCUT2D eigenvalue weighted by Crippen LogP contribution is 2.39. The normalized spacial score (nSPS) is 22.7. The maximum absolute atomic E-state index is 11.8. The third-order valence-electron chi connectivity index (χ3n) is 1.71. The van der Waals surface area contributed by atoms with E-state index in [0.29, 0.717) is 0 Å². The van der Waals surface area contributed by atoms with Crippen LogP contribution in [0.1, 0.15) is 6.42 Å². The summed E-state index contributed by atoms with van der Waals surface area (Å²) >= 11 is 0. The monoisotopic (exact) mass is 180 g/mol. The number of ether oxygens (including phenoxy) is 1. The van der Waals surface area contributed by atoms with Crippen molar-refractivity contribution in [1.29, 1.82) is 0 Å². The van der Waals surface area contributed by atoms with Gasteiger partial charge in [0.25, 0.3) is 0 Å². The second-order valence-electron chi connectivity index (χ2n) is 2.54. The third-order valence-corrected chi connectivity index (χ3v) is 1.71. The van der Waals surface area contributed by atoms with Crippen LogP contribution in [0.3, 0.4) is 0 Å². The molecule has 0 bridgehead atoms. The molecular weight excluding hydrogens is 173 g/mol. The summed E-state index contributed by atoms with van der Waals surface area (Å²) in [6.07, 6.45) is -3.58. The molecule has 0 saturated carbocycles. The topological polar surface area (TPSA) is 26.3 Å². The molecule has 2 nitrogen and oxygen atoms in total. The van der Waals surface area contributed by atoms with Gasteiger partial charge in [-0.15, -0.1) is 0 Å². The first-order chi connectivity index (χ1) is 5.45. The van der Waals surface area contributed by atoms with Gasteiger partial charge in [-0.25, -0.2) is 4.79 Å². The summed E-state index contributed by atoms with van der Waals surface area (Å²) < 4.78 is 39.8. The maximum atomic E-state index is 11.8. The minimum Gasteiger partial charge on any atom is -0.466 e. The average Bonchev–Trinajstić information content (AvgIpc) is 1.80. The van der Waals surface area contributed by atoms with Crippen molar-refractivity contribution in [3.05, 3.63) is 11.6 Å². The van der Waals surface area contributed by atoms with Crippen LogP contribution in [0.2, 0.25) is 0 Å². The Morgan fingerprint density at radius 2 is 2.17 bits per heavy atom. The number of hydrogen-bond donors (Lipinski definition) is 0. The zero-order chi connectivity index (χ0) is 9.35. The van der Waals surface area contributed by atoms with Gasteiger partial charge in [0, 0.05) is 5.57 Å². The van der Waals surface area contributed by atoms with Gasteiger partial charge in [0.2, 0.25) is 0 Å². The van der Waals surface area contributed by atoms with Crippen molar-refractivity contribution in [2.75, 3.05) is 7.11 Å². The van der Waals surface area contributed by atoms with Crippen LogP contribution in [0.4, 0.5) is 13.2 Å². The molecule has 0 spiro atoms. The van der Waals surface area contributed by atoms with Gasteiger partial charge < -0.3 is 4.74 Å². The van der Waals surface area contributed by atoms with E-state index in [1.165, 1.54) is 0 Å². The molecule has 1 aliphatic carbocycles. The van der Waals surface area contributed by atoms with Crippen molar-refractivity contribution < 1.29 is 22.7 Å². The lowest BCUT2D eigenvalue weighted by Crippen LogP contribution is -2.30. The molecule has 0 aliphatic heterocycles. The van der Waals surface area contributed by atoms with Crippen LogP contribution in [0.25, 0.3) is 0 Å². The van der Waals surface area contributed by atoms with Crippen molar-refractivity contribution in [2.24, 2.45) is 5.92 Å². The summed E-state index contributed by atoms with van der Waals surface area (Å²) in [7, 11) is 1.14. The molecule has 1 atom stereocenters. The summed E-state index contributed by atoms with van der Waals surface area (Å²) in [6.45, 7) is 0. The van der Waals surface area contributed by atoms with Crippen LogP contribution in [0, 0.1) is 5.92 Å². The Morgan fingerprint density at radius 1 is 1.67 bits per heavy atom. The van der Waals surface area contributed by atoms with Crippen LogP contribution < -0.4 is 0 Å². The molecule has 0 amide bonds. The number of esters is 1. The van der Waals surface area contributed by atoms with Crippen LogP contribution in [-0.4, -0.2) is 19.3 Å². The van der Waals surface area contributed by atoms with E-state index >= 15 is 0 Å². The van der Waals surface area contributed by atoms with E-state index in [0.717, 1.165) is 13.2 Å². The first-order valence-electron chi connectivity index (χ1n) is 3.31. The molecule has 5 heteroatoms. The van der Waals surface area contributed by atoms with Gasteiger partial charge in [0.1, 0.15) is 0 Å². The summed E-state index contributed by atoms with van der Waals surface area (Å²) in [5.74, 6) is -2.14. The molecular formula is C7H7F3O2. The van der Waals surface area contributed by atoms with E-state index < -0.39 is 18.1 Å². The van der Waals surface area contributed by atoms with E-state index in [-0.39, 0.29) is 12.0 Å². The summed E-state index contributed by atoms with van der Waals surface area (Å²) in [6, 6.07) is 0. The number of halogens is 3. The largest absolute Gasteiger partial charge is 0.466 e. The Labute approximate surface area is 67.0 Å². The summed E-state index contributed by atoms with van der Waals surface area (Å²) in [4.78, 5) is 10.6. The second kappa shape index (κ2) is 2.80. The molecule has 12 heavy (non-hydrogen) atoms. The number of rotatable bonds is 1. The van der Waals surface area contributed by atoms with E-state index in [9.17, 15) is 18.0 Å². The highest BCUT2D eigenvalue weighted by Gasteiger charge is 2.44. The van der Waals surface area contributed by atoms with E-state index in [2.05, 4.69) is 4.74 Å². The van der Waals surface area contributed by atoms with Crippen LogP contribution in [-0.2, 0) is 9.53 Å². The molecule has 68 valence electrons. The number of allylic oxidation sites excluding steroid dienone is 1. The lowest BCUT2D eigenvalue weighted by molar-refractivity contribution is -0.167. The molecule has 0 N–H and O–H groups in total. The fraction of sp³-hybridized carbons (Fsp3) is 0.571. The Kier molecular flexibility index (Phi) is 2.12. The molecule has 0 aromatic rings. The minimum atomic E-state index is -4.22. The van der Waals surface area contributed by atoms with Crippen LogP contribution >= 0.6 is 0 Å². The molecule has 0 aromatic carbocycles. The summed E-state index contributed by atoms with van der Waals surface area (Å²) in [5, 5.41) is 0. The number of carbonyl (C=O) groups excluding carboxylic acids is 1. The van der Waals surface area contributed by atoms with Gasteiger partial charge in [-0.05, 0) is 6.42 Å². The highest BCUT2D eigenvalue weighted by molar-refractivity contribution is 5.90. The molecule has 1 aliphatic rings. The molecule has 0 aromatic heterocycles. The van der Waals surface area contributed by atoms with Crippen molar-refractivity contribution in [2.45, 2.75) is 12.6 Å². The average molecular weight is 180 g/mol. The second-order valence-corrected chi connectivity index (χ2v) is 2.54. The highest BCUT2D eigenvalue weighted by atomic mass is 19.4. The van der Waals surface area contributed by atoms with E-state index in [1.807, 2.05) is 0 Å². The Balaban J connectivity index is 2.55. The SMILES string of the molecule is COC(=O)C1=CC(C(F)(F)F)C1. The number of alkyl halides is 3. The predicted molar refractivity (Wildman–Crippen MR) is 34.3 cm³/mol. The van der Waals surface area contributed by atoms with Gasteiger partial charge >= 0.3 is 12.1 Å². The predicted octanol–water partition coefficient (Wildman–Crippen LogP) is 1.67. The summed E-state index contributed by atoms with van der Waals surface area (Å²) in [5.41, 5.74) is 0.111. The molecule has 1 unspecified atom stereocenters. The van der Waals surface area contributed by atoms with Crippen LogP contribution in [0.15, 0.2) is 11.6 Å². The Hall–Kier alpha value is -1.00.